The van der Waals surface area contributed by atoms with Gasteiger partial charge in [0.25, 0.3) is 0 Å². The van der Waals surface area contributed by atoms with Gasteiger partial charge in [0.15, 0.2) is 0 Å². The van der Waals surface area contributed by atoms with E-state index in [1.54, 1.807) is 11.8 Å². The van der Waals surface area contributed by atoms with E-state index in [-0.39, 0.29) is 5.97 Å². The molecule has 0 aromatic rings. The Hall–Kier alpha value is -0.640. The van der Waals surface area contributed by atoms with Gasteiger partial charge in [-0.25, -0.2) is 4.79 Å². The SMILES string of the molecule is CCOC(=O)C1=C(N)S[C@@H]2CCCC[C@@H]12. The molecule has 15 heavy (non-hydrogen) atoms. The normalized spacial score (nSPS) is 30.2. The molecule has 4 heteroatoms. The third kappa shape index (κ3) is 2.00. The number of hydrogen-bond acceptors (Lipinski definition) is 4. The lowest BCUT2D eigenvalue weighted by molar-refractivity contribution is -0.139. The molecule has 0 saturated heterocycles. The molecule has 1 saturated carbocycles. The molecule has 0 unspecified atom stereocenters. The number of hydrogen-bond donors (Lipinski definition) is 1. The Morgan fingerprint density at radius 3 is 3.00 bits per heavy atom. The summed E-state index contributed by atoms with van der Waals surface area (Å²) in [5, 5.41) is 1.23. The zero-order chi connectivity index (χ0) is 10.8. The Morgan fingerprint density at radius 2 is 2.27 bits per heavy atom. The molecule has 0 radical (unpaired) electrons. The zero-order valence-electron chi connectivity index (χ0n) is 8.99. The number of rotatable bonds is 2. The van der Waals surface area contributed by atoms with Gasteiger partial charge in [-0.1, -0.05) is 12.8 Å². The van der Waals surface area contributed by atoms with Crippen molar-refractivity contribution in [3.63, 3.8) is 0 Å². The van der Waals surface area contributed by atoms with Gasteiger partial charge in [0.05, 0.1) is 17.2 Å². The van der Waals surface area contributed by atoms with Crippen LogP contribution in [-0.4, -0.2) is 17.8 Å². The summed E-state index contributed by atoms with van der Waals surface area (Å²) < 4.78 is 5.06. The predicted molar refractivity (Wildman–Crippen MR) is 61.2 cm³/mol. The van der Waals surface area contributed by atoms with Crippen LogP contribution in [0.1, 0.15) is 32.6 Å². The quantitative estimate of drug-likeness (QED) is 0.733. The first kappa shape index (κ1) is 10.9. The lowest BCUT2D eigenvalue weighted by Crippen LogP contribution is -2.24. The standard InChI is InChI=1S/C11H17NO2S/c1-2-14-11(13)9-7-5-3-4-6-8(7)15-10(9)12/h7-8H,2-6,12H2,1H3/t7-,8-/m1/s1. The number of carbonyl (C=O) groups is 1. The molecular formula is C11H17NO2S. The van der Waals surface area contributed by atoms with Crippen LogP contribution >= 0.6 is 11.8 Å². The predicted octanol–water partition coefficient (Wildman–Crippen LogP) is 2.03. The smallest absolute Gasteiger partial charge is 0.336 e. The average Bonchev–Trinajstić information content (AvgIpc) is 2.54. The maximum Gasteiger partial charge on any atom is 0.336 e. The van der Waals surface area contributed by atoms with E-state index in [1.165, 1.54) is 19.3 Å². The number of esters is 1. The minimum atomic E-state index is -0.197. The van der Waals surface area contributed by atoms with Gasteiger partial charge >= 0.3 is 5.97 Å². The van der Waals surface area contributed by atoms with Crippen molar-refractivity contribution in [1.82, 2.24) is 0 Å². The molecular weight excluding hydrogens is 210 g/mol. The second-order valence-electron chi connectivity index (χ2n) is 4.05. The van der Waals surface area contributed by atoms with Crippen molar-refractivity contribution in [2.75, 3.05) is 6.61 Å². The van der Waals surface area contributed by atoms with Gasteiger partial charge < -0.3 is 10.5 Å². The van der Waals surface area contributed by atoms with Crippen LogP contribution in [0, 0.1) is 5.92 Å². The Labute approximate surface area is 94.4 Å². The first-order valence-electron chi connectivity index (χ1n) is 5.57. The lowest BCUT2D eigenvalue weighted by atomic mass is 9.84. The molecule has 2 N–H and O–H groups in total. The molecule has 3 nitrogen and oxygen atoms in total. The Morgan fingerprint density at radius 1 is 1.53 bits per heavy atom. The van der Waals surface area contributed by atoms with E-state index in [0.29, 0.717) is 22.8 Å². The van der Waals surface area contributed by atoms with Gasteiger partial charge in [-0.05, 0) is 19.8 Å². The monoisotopic (exact) mass is 227 g/mol. The van der Waals surface area contributed by atoms with Crippen molar-refractivity contribution < 1.29 is 9.53 Å². The first-order valence-corrected chi connectivity index (χ1v) is 6.45. The summed E-state index contributed by atoms with van der Waals surface area (Å²) in [6, 6.07) is 0. The van der Waals surface area contributed by atoms with Crippen molar-refractivity contribution in [2.24, 2.45) is 11.7 Å². The summed E-state index contributed by atoms with van der Waals surface area (Å²) in [7, 11) is 0. The number of thioether (sulfide) groups is 1. The third-order valence-electron chi connectivity index (χ3n) is 3.11. The van der Waals surface area contributed by atoms with Crippen LogP contribution in [0.25, 0.3) is 0 Å². The summed E-state index contributed by atoms with van der Waals surface area (Å²) in [5.41, 5.74) is 6.67. The molecule has 1 heterocycles. The zero-order valence-corrected chi connectivity index (χ0v) is 9.81. The second kappa shape index (κ2) is 4.47. The summed E-state index contributed by atoms with van der Waals surface area (Å²) in [6.07, 6.45) is 4.74. The van der Waals surface area contributed by atoms with Crippen LogP contribution in [-0.2, 0) is 9.53 Å². The van der Waals surface area contributed by atoms with Crippen LogP contribution < -0.4 is 5.73 Å². The Kier molecular flexibility index (Phi) is 3.24. The van der Waals surface area contributed by atoms with Gasteiger partial charge in [-0.2, -0.15) is 0 Å². The van der Waals surface area contributed by atoms with Crippen LogP contribution in [0.2, 0.25) is 0 Å². The van der Waals surface area contributed by atoms with Crippen molar-refractivity contribution >= 4 is 17.7 Å². The molecule has 0 aromatic carbocycles. The summed E-state index contributed by atoms with van der Waals surface area (Å²) in [6.45, 7) is 2.26. The van der Waals surface area contributed by atoms with Crippen molar-refractivity contribution in [3.05, 3.63) is 10.6 Å². The highest BCUT2D eigenvalue weighted by Crippen LogP contribution is 2.47. The highest BCUT2D eigenvalue weighted by Gasteiger charge is 2.40. The highest BCUT2D eigenvalue weighted by atomic mass is 32.2. The number of nitrogens with two attached hydrogens (primary N) is 1. The van der Waals surface area contributed by atoms with Gasteiger partial charge in [0.1, 0.15) is 0 Å². The summed E-state index contributed by atoms with van der Waals surface area (Å²) in [4.78, 5) is 11.7. The highest BCUT2D eigenvalue weighted by molar-refractivity contribution is 8.03. The van der Waals surface area contributed by atoms with E-state index in [1.807, 2.05) is 6.92 Å². The van der Waals surface area contributed by atoms with E-state index in [0.717, 1.165) is 12.0 Å². The first-order chi connectivity index (χ1) is 7.24. The van der Waals surface area contributed by atoms with Crippen molar-refractivity contribution in [1.29, 1.82) is 0 Å². The van der Waals surface area contributed by atoms with Crippen LogP contribution in [0.4, 0.5) is 0 Å². The van der Waals surface area contributed by atoms with E-state index in [4.69, 9.17) is 10.5 Å². The van der Waals surface area contributed by atoms with E-state index in [9.17, 15) is 4.79 Å². The number of carbonyl (C=O) groups excluding carboxylic acids is 1. The maximum absolute atomic E-state index is 11.7. The van der Waals surface area contributed by atoms with Crippen LogP contribution in [0.15, 0.2) is 10.6 Å². The van der Waals surface area contributed by atoms with Gasteiger partial charge in [0, 0.05) is 11.2 Å². The van der Waals surface area contributed by atoms with E-state index in [2.05, 4.69) is 0 Å². The van der Waals surface area contributed by atoms with Crippen LogP contribution in [0.3, 0.4) is 0 Å². The topological polar surface area (TPSA) is 52.3 Å². The van der Waals surface area contributed by atoms with E-state index >= 15 is 0 Å². The van der Waals surface area contributed by atoms with Gasteiger partial charge in [-0.15, -0.1) is 11.8 Å². The third-order valence-corrected chi connectivity index (χ3v) is 4.45. The lowest BCUT2D eigenvalue weighted by Gasteiger charge is -2.25. The number of fused-ring (bicyclic) bond motifs is 1. The van der Waals surface area contributed by atoms with Gasteiger partial charge in [0.2, 0.25) is 0 Å². The van der Waals surface area contributed by atoms with Gasteiger partial charge in [-0.3, -0.25) is 0 Å². The molecule has 1 aliphatic carbocycles. The molecule has 0 aromatic heterocycles. The molecule has 0 bridgehead atoms. The molecule has 0 amide bonds. The van der Waals surface area contributed by atoms with E-state index < -0.39 is 0 Å². The summed E-state index contributed by atoms with van der Waals surface area (Å²) in [5.74, 6) is 0.152. The number of ether oxygens (including phenoxy) is 1. The van der Waals surface area contributed by atoms with Crippen LogP contribution in [0.5, 0.6) is 0 Å². The fourth-order valence-corrected chi connectivity index (χ4v) is 3.85. The molecule has 1 aliphatic heterocycles. The average molecular weight is 227 g/mol. The second-order valence-corrected chi connectivity index (χ2v) is 5.33. The molecule has 2 atom stereocenters. The Balaban J connectivity index is 2.14. The molecule has 0 spiro atoms. The van der Waals surface area contributed by atoms with Crippen molar-refractivity contribution in [3.8, 4) is 0 Å². The maximum atomic E-state index is 11.7. The molecule has 2 rings (SSSR count). The molecule has 2 aliphatic rings. The minimum Gasteiger partial charge on any atom is -0.463 e. The van der Waals surface area contributed by atoms with Crippen molar-refractivity contribution in [2.45, 2.75) is 37.9 Å². The fourth-order valence-electron chi connectivity index (χ4n) is 2.44. The molecule has 84 valence electrons. The summed E-state index contributed by atoms with van der Waals surface area (Å²) >= 11 is 1.67. The minimum absolute atomic E-state index is 0.197. The fraction of sp³-hybridized carbons (Fsp3) is 0.727. The largest absolute Gasteiger partial charge is 0.463 e. The Bertz CT molecular complexity index is 301. The molecule has 1 fully saturated rings.